The molecule has 0 spiro atoms. The molecule has 0 saturated heterocycles. The first-order valence-corrected chi connectivity index (χ1v) is 15.9. The molecule has 0 radical (unpaired) electrons. The van der Waals surface area contributed by atoms with Crippen molar-refractivity contribution < 1.29 is 8.95 Å². The molecule has 0 aliphatic heterocycles. The molecule has 41 heavy (non-hydrogen) atoms. The largest absolute Gasteiger partial charge is 0.494 e. The number of hydrogen-bond donors (Lipinski definition) is 1. The number of rotatable bonds is 9. The van der Waals surface area contributed by atoms with Crippen molar-refractivity contribution >= 4 is 38.2 Å². The van der Waals surface area contributed by atoms with Gasteiger partial charge in [0, 0.05) is 46.2 Å². The summed E-state index contributed by atoms with van der Waals surface area (Å²) >= 11 is 0. The number of likely N-dealkylation sites (N-methyl/N-ethyl adjacent to an activating group) is 1. The van der Waals surface area contributed by atoms with E-state index in [-0.39, 0.29) is 12.1 Å². The molecule has 1 aliphatic carbocycles. The van der Waals surface area contributed by atoms with Gasteiger partial charge < -0.3 is 15.0 Å². The standard InChI is InChI=1S/C29H36N8O3S/c1-7-14-36-28(38)23-18-30-29(33-27(23)37(36)26-11-9-10-25(32-26)34-41(5,6)39)31-20-15-19-12-13-21(35(3)4)17-22(19)24(16-20)40-8-2/h7,9-11,15-16,18,21H,1,8,12-14,17H2,2-6H3,(H,30,31,33). The Morgan fingerprint density at radius 2 is 2.07 bits per heavy atom. The van der Waals surface area contributed by atoms with Gasteiger partial charge >= 0.3 is 0 Å². The minimum atomic E-state index is -2.43. The summed E-state index contributed by atoms with van der Waals surface area (Å²) < 4.78 is 25.7. The lowest BCUT2D eigenvalue weighted by Gasteiger charge is -2.31. The van der Waals surface area contributed by atoms with E-state index >= 15 is 0 Å². The van der Waals surface area contributed by atoms with Crippen molar-refractivity contribution in [3.63, 3.8) is 0 Å². The fourth-order valence-electron chi connectivity index (χ4n) is 5.16. The van der Waals surface area contributed by atoms with E-state index in [1.54, 1.807) is 41.5 Å². The molecule has 1 aromatic carbocycles. The number of fused-ring (bicyclic) bond motifs is 2. The van der Waals surface area contributed by atoms with E-state index in [1.165, 1.54) is 22.0 Å². The van der Waals surface area contributed by atoms with Crippen molar-refractivity contribution in [2.45, 2.75) is 38.8 Å². The van der Waals surface area contributed by atoms with Gasteiger partial charge in [-0.15, -0.1) is 6.58 Å². The second-order valence-corrected chi connectivity index (χ2v) is 13.1. The fraction of sp³-hybridized carbons (Fsp3) is 0.379. The van der Waals surface area contributed by atoms with E-state index in [0.29, 0.717) is 41.3 Å². The third kappa shape index (κ3) is 6.03. The number of ether oxygens (including phenoxy) is 1. The van der Waals surface area contributed by atoms with Gasteiger partial charge in [0.1, 0.15) is 11.1 Å². The molecule has 1 N–H and O–H groups in total. The predicted octanol–water partition coefficient (Wildman–Crippen LogP) is 4.08. The number of nitrogens with one attached hydrogen (secondary N) is 1. The van der Waals surface area contributed by atoms with Crippen LogP contribution in [-0.2, 0) is 29.1 Å². The Morgan fingerprint density at radius 3 is 2.78 bits per heavy atom. The fourth-order valence-corrected chi connectivity index (χ4v) is 5.71. The van der Waals surface area contributed by atoms with Crippen LogP contribution in [0.15, 0.2) is 58.3 Å². The van der Waals surface area contributed by atoms with Gasteiger partial charge in [-0.05, 0) is 69.6 Å². The third-order valence-corrected chi connectivity index (χ3v) is 7.63. The maximum absolute atomic E-state index is 13.3. The quantitative estimate of drug-likeness (QED) is 0.296. The van der Waals surface area contributed by atoms with Crippen LogP contribution in [0.5, 0.6) is 5.75 Å². The lowest BCUT2D eigenvalue weighted by Crippen LogP contribution is -2.33. The highest BCUT2D eigenvalue weighted by molar-refractivity contribution is 7.92. The summed E-state index contributed by atoms with van der Waals surface area (Å²) in [5.74, 6) is 1.91. The molecule has 1 aliphatic rings. The lowest BCUT2D eigenvalue weighted by atomic mass is 9.86. The number of allylic oxidation sites excluding steroid dienone is 1. The number of aromatic nitrogens is 5. The summed E-state index contributed by atoms with van der Waals surface area (Å²) in [6.45, 7) is 6.58. The van der Waals surface area contributed by atoms with Gasteiger partial charge in [-0.2, -0.15) is 9.35 Å². The van der Waals surface area contributed by atoms with Crippen LogP contribution in [0.3, 0.4) is 0 Å². The van der Waals surface area contributed by atoms with E-state index in [1.807, 2.05) is 13.0 Å². The highest BCUT2D eigenvalue weighted by Gasteiger charge is 2.24. The number of hydrogen-bond acceptors (Lipinski definition) is 9. The zero-order chi connectivity index (χ0) is 29.3. The van der Waals surface area contributed by atoms with Crippen LogP contribution in [-0.4, -0.2) is 72.7 Å². The normalized spacial score (nSPS) is 15.1. The zero-order valence-electron chi connectivity index (χ0n) is 24.1. The predicted molar refractivity (Wildman–Crippen MR) is 164 cm³/mol. The highest BCUT2D eigenvalue weighted by Crippen LogP contribution is 2.35. The van der Waals surface area contributed by atoms with E-state index in [0.717, 1.165) is 30.7 Å². The molecular weight excluding hydrogens is 540 g/mol. The molecule has 3 heterocycles. The maximum Gasteiger partial charge on any atom is 0.278 e. The SMILES string of the molecule is C=CCn1c(=O)c2cnc(Nc3cc4c(c(OCC)c3)CC(N(C)C)CC4)nc2n1-c1cccc(N=S(C)(C)=O)n1. The Balaban J connectivity index is 1.59. The summed E-state index contributed by atoms with van der Waals surface area (Å²) in [5.41, 5.74) is 3.42. The number of aryl methyl sites for hydroxylation is 1. The molecule has 3 aromatic heterocycles. The molecule has 0 bridgehead atoms. The Kier molecular flexibility index (Phi) is 7.96. The molecule has 5 rings (SSSR count). The summed E-state index contributed by atoms with van der Waals surface area (Å²) in [4.78, 5) is 29.4. The van der Waals surface area contributed by atoms with Gasteiger partial charge in [-0.1, -0.05) is 12.1 Å². The number of nitrogens with zero attached hydrogens (tertiary/aromatic N) is 7. The van der Waals surface area contributed by atoms with Crippen molar-refractivity contribution in [2.24, 2.45) is 4.36 Å². The van der Waals surface area contributed by atoms with Crippen LogP contribution >= 0.6 is 0 Å². The molecule has 0 fully saturated rings. The van der Waals surface area contributed by atoms with Crippen molar-refractivity contribution in [3.05, 3.63) is 70.7 Å². The van der Waals surface area contributed by atoms with Crippen molar-refractivity contribution in [2.75, 3.05) is 38.5 Å². The minimum absolute atomic E-state index is 0.232. The second-order valence-electron chi connectivity index (χ2n) is 10.6. The Bertz CT molecular complexity index is 1790. The first kappa shape index (κ1) is 28.5. The number of pyridine rings is 1. The molecule has 11 nitrogen and oxygen atoms in total. The molecule has 0 amide bonds. The maximum atomic E-state index is 13.3. The topological polar surface area (TPSA) is 120 Å². The first-order chi connectivity index (χ1) is 19.6. The van der Waals surface area contributed by atoms with Gasteiger partial charge in [-0.3, -0.25) is 4.79 Å². The molecule has 12 heteroatoms. The smallest absolute Gasteiger partial charge is 0.278 e. The van der Waals surface area contributed by atoms with Crippen LogP contribution in [0.1, 0.15) is 24.5 Å². The van der Waals surface area contributed by atoms with E-state index < -0.39 is 9.73 Å². The van der Waals surface area contributed by atoms with Crippen LogP contribution in [0.25, 0.3) is 16.9 Å². The second kappa shape index (κ2) is 11.5. The zero-order valence-corrected chi connectivity index (χ0v) is 24.9. The molecule has 1 unspecified atom stereocenters. The van der Waals surface area contributed by atoms with Crippen molar-refractivity contribution in [3.8, 4) is 11.6 Å². The monoisotopic (exact) mass is 576 g/mol. The Morgan fingerprint density at radius 1 is 1.27 bits per heavy atom. The Labute approximate surface area is 240 Å². The molecule has 1 atom stereocenters. The molecule has 216 valence electrons. The highest BCUT2D eigenvalue weighted by atomic mass is 32.2. The van der Waals surface area contributed by atoms with Gasteiger partial charge in [-0.25, -0.2) is 23.5 Å². The van der Waals surface area contributed by atoms with Gasteiger partial charge in [0.15, 0.2) is 17.3 Å². The van der Waals surface area contributed by atoms with Crippen molar-refractivity contribution in [1.82, 2.24) is 29.2 Å². The van der Waals surface area contributed by atoms with Crippen LogP contribution < -0.4 is 15.6 Å². The summed E-state index contributed by atoms with van der Waals surface area (Å²) in [7, 11) is 1.81. The van der Waals surface area contributed by atoms with Crippen LogP contribution in [0.4, 0.5) is 17.5 Å². The number of anilines is 2. The summed E-state index contributed by atoms with van der Waals surface area (Å²) in [6, 6.07) is 9.77. The van der Waals surface area contributed by atoms with Gasteiger partial charge in [0.2, 0.25) is 5.95 Å². The number of benzene rings is 1. The third-order valence-electron chi connectivity index (χ3n) is 7.00. The first-order valence-electron chi connectivity index (χ1n) is 13.5. The average molecular weight is 577 g/mol. The minimum Gasteiger partial charge on any atom is -0.494 e. The van der Waals surface area contributed by atoms with E-state index in [9.17, 15) is 9.00 Å². The van der Waals surface area contributed by atoms with E-state index in [2.05, 4.69) is 51.3 Å². The van der Waals surface area contributed by atoms with E-state index in [4.69, 9.17) is 9.72 Å². The lowest BCUT2D eigenvalue weighted by molar-refractivity contribution is 0.261. The average Bonchev–Trinajstić information content (AvgIpc) is 3.18. The summed E-state index contributed by atoms with van der Waals surface area (Å²) in [5, 5.41) is 3.67. The summed E-state index contributed by atoms with van der Waals surface area (Å²) in [6.07, 6.45) is 9.20. The van der Waals surface area contributed by atoms with Gasteiger partial charge in [0.05, 0.1) is 13.2 Å². The molecular formula is C29H36N8O3S. The molecule has 0 saturated carbocycles. The van der Waals surface area contributed by atoms with Crippen LogP contribution in [0.2, 0.25) is 0 Å². The van der Waals surface area contributed by atoms with Crippen LogP contribution in [0, 0.1) is 0 Å². The molecule has 4 aromatic rings. The van der Waals surface area contributed by atoms with Crippen molar-refractivity contribution in [1.29, 1.82) is 0 Å². The van der Waals surface area contributed by atoms with Gasteiger partial charge in [0.25, 0.3) is 5.56 Å². The Hall–Kier alpha value is -4.03.